The zero-order valence-electron chi connectivity index (χ0n) is 11.4. The third-order valence-electron chi connectivity index (χ3n) is 3.01. The van der Waals surface area contributed by atoms with E-state index < -0.39 is 0 Å². The molecule has 1 rings (SSSR count). The van der Waals surface area contributed by atoms with Crippen molar-refractivity contribution in [2.45, 2.75) is 58.3 Å². The second kappa shape index (κ2) is 11.1. The Bertz CT molecular complexity index is 269. The van der Waals surface area contributed by atoms with Crippen LogP contribution in [0, 0.1) is 0 Å². The summed E-state index contributed by atoms with van der Waals surface area (Å²) < 4.78 is 0. The fraction of sp³-hybridized carbons (Fsp3) is 0.600. The first-order chi connectivity index (χ1) is 7.83. The molecule has 0 fully saturated rings. The minimum atomic E-state index is 0. The Kier molecular flexibility index (Phi) is 11.1. The number of hydrogen-bond donors (Lipinski definition) is 1. The van der Waals surface area contributed by atoms with Crippen LogP contribution in [-0.4, -0.2) is 34.7 Å². The van der Waals surface area contributed by atoms with Crippen LogP contribution in [0.1, 0.15) is 57.4 Å². The molecule has 0 bridgehead atoms. The van der Waals surface area contributed by atoms with Gasteiger partial charge in [-0.25, -0.2) is 0 Å². The second-order valence-electron chi connectivity index (χ2n) is 4.54. The van der Waals surface area contributed by atoms with Crippen LogP contribution in [0.15, 0.2) is 24.3 Å². The van der Waals surface area contributed by atoms with Crippen molar-refractivity contribution in [2.75, 3.05) is 0 Å². The molecule has 0 aliphatic heterocycles. The molecular formula is C15H24NaO. The van der Waals surface area contributed by atoms with E-state index in [1.807, 2.05) is 12.1 Å². The van der Waals surface area contributed by atoms with E-state index in [1.165, 1.54) is 50.5 Å². The Labute approximate surface area is 128 Å². The maximum absolute atomic E-state index is 9.15. The zero-order chi connectivity index (χ0) is 11.6. The molecule has 1 nitrogen and oxygen atoms in total. The Hall–Kier alpha value is 0.0200. The normalized spacial score (nSPS) is 9.94. The van der Waals surface area contributed by atoms with Gasteiger partial charge in [-0.1, -0.05) is 57.6 Å². The summed E-state index contributed by atoms with van der Waals surface area (Å²) in [6, 6.07) is 7.59. The van der Waals surface area contributed by atoms with Crippen LogP contribution in [0.3, 0.4) is 0 Å². The predicted molar refractivity (Wildman–Crippen MR) is 75.6 cm³/mol. The summed E-state index contributed by atoms with van der Waals surface area (Å²) >= 11 is 0. The molecule has 0 atom stereocenters. The summed E-state index contributed by atoms with van der Waals surface area (Å²) in [5, 5.41) is 9.15. The Morgan fingerprint density at radius 1 is 0.824 bits per heavy atom. The summed E-state index contributed by atoms with van der Waals surface area (Å²) in [6.07, 6.45) is 10.6. The average Bonchev–Trinajstić information content (AvgIpc) is 2.30. The van der Waals surface area contributed by atoms with Gasteiger partial charge in [-0.2, -0.15) is 0 Å². The van der Waals surface area contributed by atoms with Crippen LogP contribution in [0.5, 0.6) is 5.75 Å². The molecule has 0 amide bonds. The van der Waals surface area contributed by atoms with E-state index in [9.17, 15) is 0 Å². The van der Waals surface area contributed by atoms with Crippen LogP contribution in [0.4, 0.5) is 0 Å². The molecule has 0 aromatic heterocycles. The summed E-state index contributed by atoms with van der Waals surface area (Å²) in [4.78, 5) is 0. The van der Waals surface area contributed by atoms with Gasteiger partial charge < -0.3 is 5.11 Å². The first-order valence-electron chi connectivity index (χ1n) is 6.61. The molecule has 91 valence electrons. The first kappa shape index (κ1) is 17.0. The molecule has 0 saturated carbocycles. The minimum absolute atomic E-state index is 0. The quantitative estimate of drug-likeness (QED) is 0.533. The molecule has 0 unspecified atom stereocenters. The van der Waals surface area contributed by atoms with E-state index in [2.05, 4.69) is 6.92 Å². The van der Waals surface area contributed by atoms with Crippen molar-refractivity contribution in [1.29, 1.82) is 0 Å². The zero-order valence-corrected chi connectivity index (χ0v) is 13.4. The molecule has 17 heavy (non-hydrogen) atoms. The van der Waals surface area contributed by atoms with Crippen molar-refractivity contribution < 1.29 is 5.11 Å². The van der Waals surface area contributed by atoms with Crippen molar-refractivity contribution >= 4 is 29.6 Å². The van der Waals surface area contributed by atoms with E-state index in [4.69, 9.17) is 5.11 Å². The summed E-state index contributed by atoms with van der Waals surface area (Å²) in [5.41, 5.74) is 1.34. The Balaban J connectivity index is 0.00000256. The van der Waals surface area contributed by atoms with Crippen LogP contribution < -0.4 is 0 Å². The number of unbranched alkanes of at least 4 members (excludes halogenated alkanes) is 6. The molecule has 0 aliphatic carbocycles. The fourth-order valence-corrected chi connectivity index (χ4v) is 1.95. The van der Waals surface area contributed by atoms with E-state index in [0.717, 1.165) is 6.42 Å². The molecule has 1 aromatic rings. The Morgan fingerprint density at radius 2 is 1.35 bits per heavy atom. The third-order valence-corrected chi connectivity index (χ3v) is 3.01. The number of rotatable bonds is 8. The van der Waals surface area contributed by atoms with Gasteiger partial charge in [0.05, 0.1) is 0 Å². The van der Waals surface area contributed by atoms with Crippen LogP contribution in [0.2, 0.25) is 0 Å². The molecule has 2 heteroatoms. The topological polar surface area (TPSA) is 20.2 Å². The number of aryl methyl sites for hydroxylation is 1. The molecular weight excluding hydrogens is 219 g/mol. The van der Waals surface area contributed by atoms with Gasteiger partial charge in [0.1, 0.15) is 5.75 Å². The van der Waals surface area contributed by atoms with Crippen molar-refractivity contribution in [3.63, 3.8) is 0 Å². The molecule has 0 heterocycles. The van der Waals surface area contributed by atoms with Gasteiger partial charge >= 0.3 is 0 Å². The van der Waals surface area contributed by atoms with Gasteiger partial charge in [0.2, 0.25) is 0 Å². The van der Waals surface area contributed by atoms with Crippen LogP contribution in [0.25, 0.3) is 0 Å². The molecule has 0 aliphatic rings. The number of hydrogen-bond acceptors (Lipinski definition) is 1. The van der Waals surface area contributed by atoms with Gasteiger partial charge in [0.15, 0.2) is 0 Å². The van der Waals surface area contributed by atoms with Gasteiger partial charge in [0.25, 0.3) is 0 Å². The maximum Gasteiger partial charge on any atom is 0.115 e. The monoisotopic (exact) mass is 243 g/mol. The van der Waals surface area contributed by atoms with Gasteiger partial charge in [-0.05, 0) is 30.5 Å². The maximum atomic E-state index is 9.15. The number of aromatic hydroxyl groups is 1. The summed E-state index contributed by atoms with van der Waals surface area (Å²) in [5.74, 6) is 0.364. The number of benzene rings is 1. The van der Waals surface area contributed by atoms with Gasteiger partial charge in [0, 0.05) is 29.6 Å². The summed E-state index contributed by atoms with van der Waals surface area (Å²) in [7, 11) is 0. The van der Waals surface area contributed by atoms with Crippen molar-refractivity contribution in [2.24, 2.45) is 0 Å². The minimum Gasteiger partial charge on any atom is -0.508 e. The predicted octanol–water partition coefficient (Wildman–Crippen LogP) is 4.30. The fourth-order valence-electron chi connectivity index (χ4n) is 1.95. The van der Waals surface area contributed by atoms with Crippen molar-refractivity contribution in [3.8, 4) is 5.75 Å². The molecule has 1 N–H and O–H groups in total. The first-order valence-corrected chi connectivity index (χ1v) is 6.61. The molecule has 1 radical (unpaired) electrons. The average molecular weight is 243 g/mol. The second-order valence-corrected chi connectivity index (χ2v) is 4.54. The Morgan fingerprint density at radius 3 is 1.94 bits per heavy atom. The third kappa shape index (κ3) is 8.70. The van der Waals surface area contributed by atoms with Gasteiger partial charge in [-0.3, -0.25) is 0 Å². The molecule has 0 saturated heterocycles. The molecule has 0 spiro atoms. The van der Waals surface area contributed by atoms with Gasteiger partial charge in [-0.15, -0.1) is 0 Å². The smallest absolute Gasteiger partial charge is 0.115 e. The number of phenols is 1. The summed E-state index contributed by atoms with van der Waals surface area (Å²) in [6.45, 7) is 2.25. The van der Waals surface area contributed by atoms with E-state index >= 15 is 0 Å². The van der Waals surface area contributed by atoms with E-state index in [0.29, 0.717) is 5.75 Å². The van der Waals surface area contributed by atoms with Crippen molar-refractivity contribution in [1.82, 2.24) is 0 Å². The number of phenolic OH excluding ortho intramolecular Hbond substituents is 1. The standard InChI is InChI=1S/C15H24O.Na/c1-2-3-4-5-6-7-8-9-14-10-12-15(16)13-11-14;/h10-13,16H,2-9H2,1H3;. The van der Waals surface area contributed by atoms with Crippen molar-refractivity contribution in [3.05, 3.63) is 29.8 Å². The molecule has 1 aromatic carbocycles. The van der Waals surface area contributed by atoms with Crippen LogP contribution in [-0.2, 0) is 6.42 Å². The SMILES string of the molecule is CCCCCCCCCc1ccc(O)cc1.[Na]. The van der Waals surface area contributed by atoms with E-state index in [1.54, 1.807) is 12.1 Å². The van der Waals surface area contributed by atoms with Crippen LogP contribution >= 0.6 is 0 Å². The largest absolute Gasteiger partial charge is 0.508 e. The van der Waals surface area contributed by atoms with E-state index in [-0.39, 0.29) is 29.6 Å².